The number of aromatic nitrogens is 2. The van der Waals surface area contributed by atoms with Crippen molar-refractivity contribution >= 4 is 0 Å². The number of nitrogens with zero attached hydrogens (tertiary/aromatic N) is 2. The highest BCUT2D eigenvalue weighted by Gasteiger charge is 2.66. The Morgan fingerprint density at radius 3 is 2.85 bits per heavy atom. The molecule has 8 heteroatoms. The van der Waals surface area contributed by atoms with Crippen molar-refractivity contribution in [1.29, 1.82) is 0 Å². The number of hydrogen-bond donors (Lipinski definition) is 2. The summed E-state index contributed by atoms with van der Waals surface area (Å²) in [5.74, 6) is 0.141. The lowest BCUT2D eigenvalue weighted by Gasteiger charge is -2.31. The molecule has 1 saturated heterocycles. The van der Waals surface area contributed by atoms with Crippen LogP contribution in [-0.4, -0.2) is 50.9 Å². The van der Waals surface area contributed by atoms with E-state index in [1.54, 1.807) is 6.20 Å². The lowest BCUT2D eigenvalue weighted by Crippen LogP contribution is -2.50. The second kappa shape index (κ2) is 4.19. The normalized spacial score (nSPS) is 33.6. The van der Waals surface area contributed by atoms with Crippen molar-refractivity contribution in [3.05, 3.63) is 17.5 Å². The fourth-order valence-corrected chi connectivity index (χ4v) is 2.75. The first-order valence-corrected chi connectivity index (χ1v) is 6.42. The Kier molecular flexibility index (Phi) is 2.90. The van der Waals surface area contributed by atoms with Crippen molar-refractivity contribution in [2.75, 3.05) is 6.54 Å². The Morgan fingerprint density at radius 1 is 1.50 bits per heavy atom. The maximum atomic E-state index is 12.8. The molecule has 0 bridgehead atoms. The Hall–Kier alpha value is -1.12. The Bertz CT molecular complexity index is 514. The first kappa shape index (κ1) is 13.8. The summed E-state index contributed by atoms with van der Waals surface area (Å²) < 4.78 is 43.4. The van der Waals surface area contributed by atoms with E-state index in [4.69, 9.17) is 4.74 Å². The van der Waals surface area contributed by atoms with Crippen LogP contribution in [0.1, 0.15) is 31.0 Å². The van der Waals surface area contributed by atoms with Gasteiger partial charge in [-0.05, 0) is 6.92 Å². The predicted octanol–water partition coefficient (Wildman–Crippen LogP) is 1.37. The van der Waals surface area contributed by atoms with E-state index in [9.17, 15) is 18.3 Å². The quantitative estimate of drug-likeness (QED) is 0.808. The molecule has 0 spiro atoms. The van der Waals surface area contributed by atoms with Crippen LogP contribution in [0.15, 0.2) is 6.20 Å². The Labute approximate surface area is 113 Å². The molecule has 2 unspecified atom stereocenters. The van der Waals surface area contributed by atoms with Crippen molar-refractivity contribution in [2.24, 2.45) is 0 Å². The number of aromatic amines is 1. The van der Waals surface area contributed by atoms with Gasteiger partial charge in [0.25, 0.3) is 0 Å². The molecule has 20 heavy (non-hydrogen) atoms. The van der Waals surface area contributed by atoms with Gasteiger partial charge >= 0.3 is 6.18 Å². The number of rotatable bonds is 2. The summed E-state index contributed by atoms with van der Waals surface area (Å²) in [6.07, 6.45) is -4.95. The molecular formula is C12H16F3N3O2. The summed E-state index contributed by atoms with van der Waals surface area (Å²) in [6.45, 7) is 3.78. The van der Waals surface area contributed by atoms with E-state index in [0.29, 0.717) is 13.1 Å². The zero-order chi connectivity index (χ0) is 14.7. The topological polar surface area (TPSA) is 64.7 Å². The average Bonchev–Trinajstić information content (AvgIpc) is 3.00. The van der Waals surface area contributed by atoms with E-state index in [1.807, 2.05) is 11.8 Å². The van der Waals surface area contributed by atoms with Crippen LogP contribution >= 0.6 is 0 Å². The molecule has 112 valence electrons. The van der Waals surface area contributed by atoms with E-state index in [0.717, 1.165) is 18.2 Å². The van der Waals surface area contributed by atoms with Gasteiger partial charge in [-0.15, -0.1) is 0 Å². The van der Waals surface area contributed by atoms with E-state index >= 15 is 0 Å². The molecular weight excluding hydrogens is 275 g/mol. The molecule has 3 heterocycles. The van der Waals surface area contributed by atoms with Crippen LogP contribution in [0.2, 0.25) is 0 Å². The van der Waals surface area contributed by atoms with Gasteiger partial charge < -0.3 is 9.84 Å². The highest BCUT2D eigenvalue weighted by atomic mass is 19.4. The molecule has 0 aliphatic carbocycles. The molecule has 0 aromatic carbocycles. The minimum Gasteiger partial charge on any atom is -0.378 e. The molecule has 0 amide bonds. The van der Waals surface area contributed by atoms with Gasteiger partial charge in [0, 0.05) is 30.3 Å². The van der Waals surface area contributed by atoms with Crippen molar-refractivity contribution in [3.63, 3.8) is 0 Å². The fraction of sp³-hybridized carbons (Fsp3) is 0.750. The van der Waals surface area contributed by atoms with E-state index < -0.39 is 24.1 Å². The molecule has 2 aliphatic rings. The van der Waals surface area contributed by atoms with Crippen LogP contribution in [0.3, 0.4) is 0 Å². The van der Waals surface area contributed by atoms with Crippen molar-refractivity contribution < 1.29 is 23.0 Å². The van der Waals surface area contributed by atoms with Gasteiger partial charge in [-0.3, -0.25) is 10.00 Å². The third kappa shape index (κ3) is 2.02. The van der Waals surface area contributed by atoms with E-state index in [2.05, 4.69) is 10.2 Å². The number of hydrogen-bond acceptors (Lipinski definition) is 4. The second-order valence-corrected chi connectivity index (χ2v) is 5.73. The maximum absolute atomic E-state index is 12.8. The number of nitrogens with one attached hydrogen (secondary N) is 1. The number of aliphatic hydroxyl groups is 1. The fourth-order valence-electron chi connectivity index (χ4n) is 2.75. The van der Waals surface area contributed by atoms with Crippen LogP contribution < -0.4 is 0 Å². The first-order valence-electron chi connectivity index (χ1n) is 6.42. The SMILES string of the molecule is C[C@@H]1CN(C2OC2[C@@](C)(O)C(F)(F)F)Cc2cn[nH]c21. The number of fused-ring (bicyclic) bond motifs is 1. The third-order valence-electron chi connectivity index (χ3n) is 4.08. The number of ether oxygens (including phenoxy) is 1. The zero-order valence-electron chi connectivity index (χ0n) is 11.1. The zero-order valence-corrected chi connectivity index (χ0v) is 11.1. The van der Waals surface area contributed by atoms with Crippen LogP contribution in [0.4, 0.5) is 13.2 Å². The summed E-state index contributed by atoms with van der Waals surface area (Å²) in [7, 11) is 0. The van der Waals surface area contributed by atoms with Gasteiger partial charge in [-0.2, -0.15) is 18.3 Å². The van der Waals surface area contributed by atoms with Crippen molar-refractivity contribution in [3.8, 4) is 0 Å². The first-order chi connectivity index (χ1) is 9.22. The average molecular weight is 291 g/mol. The van der Waals surface area contributed by atoms with Crippen molar-refractivity contribution in [1.82, 2.24) is 15.1 Å². The van der Waals surface area contributed by atoms with Gasteiger partial charge in [-0.1, -0.05) is 6.92 Å². The maximum Gasteiger partial charge on any atom is 0.419 e. The number of halogens is 3. The van der Waals surface area contributed by atoms with Crippen LogP contribution in [-0.2, 0) is 11.3 Å². The molecule has 5 nitrogen and oxygen atoms in total. The Balaban J connectivity index is 1.72. The molecule has 2 N–H and O–H groups in total. The van der Waals surface area contributed by atoms with Gasteiger partial charge in [0.15, 0.2) is 5.60 Å². The van der Waals surface area contributed by atoms with Gasteiger partial charge in [0.05, 0.1) is 6.20 Å². The Morgan fingerprint density at radius 2 is 2.20 bits per heavy atom. The second-order valence-electron chi connectivity index (χ2n) is 5.73. The number of alkyl halides is 3. The van der Waals surface area contributed by atoms with E-state index in [-0.39, 0.29) is 5.92 Å². The molecule has 1 aromatic heterocycles. The lowest BCUT2D eigenvalue weighted by atomic mass is 9.96. The number of epoxide rings is 1. The summed E-state index contributed by atoms with van der Waals surface area (Å²) in [5.41, 5.74) is -0.844. The minimum absolute atomic E-state index is 0.141. The van der Waals surface area contributed by atoms with Gasteiger partial charge in [-0.25, -0.2) is 0 Å². The number of H-pyrrole nitrogens is 1. The highest BCUT2D eigenvalue weighted by Crippen LogP contribution is 2.45. The lowest BCUT2D eigenvalue weighted by molar-refractivity contribution is -0.259. The smallest absolute Gasteiger partial charge is 0.378 e. The summed E-state index contributed by atoms with van der Waals surface area (Å²) in [5, 5.41) is 16.5. The van der Waals surface area contributed by atoms with Crippen LogP contribution in [0.5, 0.6) is 0 Å². The molecule has 0 saturated carbocycles. The van der Waals surface area contributed by atoms with Gasteiger partial charge in [0.2, 0.25) is 0 Å². The largest absolute Gasteiger partial charge is 0.419 e. The van der Waals surface area contributed by atoms with Crippen molar-refractivity contribution in [2.45, 2.75) is 50.4 Å². The minimum atomic E-state index is -4.70. The standard InChI is InChI=1S/C12H16F3N3O2/c1-6-4-18(5-7-3-16-17-8(6)7)10-9(20-10)11(2,19)12(13,14)15/h3,6,9-10,19H,4-5H2,1-2H3,(H,16,17)/t6-,9?,10?,11-/m1/s1. The highest BCUT2D eigenvalue weighted by molar-refractivity contribution is 5.24. The predicted molar refractivity (Wildman–Crippen MR) is 62.8 cm³/mol. The molecule has 1 aromatic rings. The van der Waals surface area contributed by atoms with Crippen LogP contribution in [0, 0.1) is 0 Å². The molecule has 0 radical (unpaired) electrons. The summed E-state index contributed by atoms with van der Waals surface area (Å²) in [6, 6.07) is 0. The molecule has 1 fully saturated rings. The third-order valence-corrected chi connectivity index (χ3v) is 4.08. The van der Waals surface area contributed by atoms with Crippen LogP contribution in [0.25, 0.3) is 0 Å². The molecule has 2 aliphatic heterocycles. The molecule has 3 rings (SSSR count). The summed E-state index contributed by atoms with van der Waals surface area (Å²) >= 11 is 0. The summed E-state index contributed by atoms with van der Waals surface area (Å²) in [4.78, 5) is 1.81. The molecule has 4 atom stereocenters. The monoisotopic (exact) mass is 291 g/mol. The van der Waals surface area contributed by atoms with Gasteiger partial charge in [0.1, 0.15) is 12.3 Å². The van der Waals surface area contributed by atoms with E-state index in [1.165, 1.54) is 0 Å².